The molecule has 0 radical (unpaired) electrons. The molecule has 0 saturated carbocycles. The van der Waals surface area contributed by atoms with Crippen LogP contribution < -0.4 is 10.6 Å². The molecular formula is C19H14N2O4S. The van der Waals surface area contributed by atoms with Crippen molar-refractivity contribution in [2.75, 3.05) is 0 Å². The zero-order valence-electron chi connectivity index (χ0n) is 13.6. The van der Waals surface area contributed by atoms with Crippen molar-refractivity contribution in [2.24, 2.45) is 0 Å². The van der Waals surface area contributed by atoms with E-state index in [0.29, 0.717) is 11.5 Å². The number of carbonyl (C=O) groups is 3. The standard InChI is InChI=1S/C19H14N2O4S/c1-2-13(22)9-11-4-3-5-12(8-11)16-7-6-14(25-16)10-15-17(23)20-19(26)21-18(15)24/h2-8,10H,1,9H2,(H2,20,21,23,24,26). The fourth-order valence-electron chi connectivity index (χ4n) is 2.44. The predicted octanol–water partition coefficient (Wildman–Crippen LogP) is 2.16. The highest BCUT2D eigenvalue weighted by Gasteiger charge is 2.26. The maximum atomic E-state index is 11.9. The summed E-state index contributed by atoms with van der Waals surface area (Å²) in [5, 5.41) is 4.70. The number of rotatable bonds is 5. The fraction of sp³-hybridized carbons (Fsp3) is 0.0526. The molecule has 1 saturated heterocycles. The Balaban J connectivity index is 1.85. The van der Waals surface area contributed by atoms with Gasteiger partial charge in [0.15, 0.2) is 10.9 Å². The van der Waals surface area contributed by atoms with Crippen LogP contribution in [0, 0.1) is 0 Å². The summed E-state index contributed by atoms with van der Waals surface area (Å²) in [4.78, 5) is 35.2. The van der Waals surface area contributed by atoms with E-state index >= 15 is 0 Å². The molecule has 0 aliphatic carbocycles. The number of benzene rings is 1. The Morgan fingerprint density at radius 1 is 1.15 bits per heavy atom. The predicted molar refractivity (Wildman–Crippen MR) is 99.9 cm³/mol. The molecule has 2 heterocycles. The highest BCUT2D eigenvalue weighted by Crippen LogP contribution is 2.25. The maximum absolute atomic E-state index is 11.9. The maximum Gasteiger partial charge on any atom is 0.263 e. The number of thiocarbonyl (C=S) groups is 1. The number of ketones is 1. The lowest BCUT2D eigenvalue weighted by molar-refractivity contribution is -0.123. The van der Waals surface area contributed by atoms with Crippen LogP contribution in [0.4, 0.5) is 0 Å². The smallest absolute Gasteiger partial charge is 0.263 e. The van der Waals surface area contributed by atoms with Crippen molar-refractivity contribution in [1.29, 1.82) is 0 Å². The van der Waals surface area contributed by atoms with Crippen molar-refractivity contribution >= 4 is 41.0 Å². The SMILES string of the molecule is C=CC(=O)Cc1cccc(-c2ccc(C=C3C(=O)NC(=S)NC3=O)o2)c1. The summed E-state index contributed by atoms with van der Waals surface area (Å²) in [5.74, 6) is -0.333. The van der Waals surface area contributed by atoms with Crippen LogP contribution in [-0.2, 0) is 20.8 Å². The van der Waals surface area contributed by atoms with Crippen LogP contribution in [0.3, 0.4) is 0 Å². The van der Waals surface area contributed by atoms with Gasteiger partial charge in [0.25, 0.3) is 11.8 Å². The van der Waals surface area contributed by atoms with Gasteiger partial charge in [-0.25, -0.2) is 0 Å². The van der Waals surface area contributed by atoms with Crippen LogP contribution in [-0.4, -0.2) is 22.7 Å². The molecule has 2 aromatic rings. The summed E-state index contributed by atoms with van der Waals surface area (Å²) in [6, 6.07) is 10.7. The van der Waals surface area contributed by atoms with E-state index < -0.39 is 11.8 Å². The molecule has 1 aromatic heterocycles. The minimum absolute atomic E-state index is 0.0248. The van der Waals surface area contributed by atoms with Gasteiger partial charge in [-0.1, -0.05) is 24.8 Å². The largest absolute Gasteiger partial charge is 0.457 e. The average Bonchev–Trinajstić information content (AvgIpc) is 3.07. The van der Waals surface area contributed by atoms with Gasteiger partial charge in [0, 0.05) is 12.0 Å². The molecule has 0 unspecified atom stereocenters. The van der Waals surface area contributed by atoms with Gasteiger partial charge in [-0.2, -0.15) is 0 Å². The van der Waals surface area contributed by atoms with Gasteiger partial charge in [-0.15, -0.1) is 0 Å². The second-order valence-corrected chi connectivity index (χ2v) is 5.95. The quantitative estimate of drug-likeness (QED) is 0.481. The minimum atomic E-state index is -0.582. The fourth-order valence-corrected chi connectivity index (χ4v) is 2.63. The van der Waals surface area contributed by atoms with E-state index in [1.54, 1.807) is 12.1 Å². The molecule has 6 nitrogen and oxygen atoms in total. The second kappa shape index (κ2) is 7.28. The van der Waals surface area contributed by atoms with Crippen molar-refractivity contribution in [2.45, 2.75) is 6.42 Å². The molecule has 0 bridgehead atoms. The molecule has 1 fully saturated rings. The van der Waals surface area contributed by atoms with Crippen molar-refractivity contribution in [3.05, 3.63) is 65.9 Å². The van der Waals surface area contributed by atoms with E-state index in [1.165, 1.54) is 12.2 Å². The van der Waals surface area contributed by atoms with Gasteiger partial charge in [-0.3, -0.25) is 25.0 Å². The summed E-state index contributed by atoms with van der Waals surface area (Å²) >= 11 is 4.75. The zero-order chi connectivity index (χ0) is 18.7. The Kier molecular flexibility index (Phi) is 4.90. The lowest BCUT2D eigenvalue weighted by Crippen LogP contribution is -2.51. The van der Waals surface area contributed by atoms with E-state index in [1.807, 2.05) is 24.3 Å². The topological polar surface area (TPSA) is 88.4 Å². The first-order valence-electron chi connectivity index (χ1n) is 7.69. The lowest BCUT2D eigenvalue weighted by atomic mass is 10.0. The number of amides is 2. The van der Waals surface area contributed by atoms with E-state index in [0.717, 1.165) is 11.1 Å². The van der Waals surface area contributed by atoms with Gasteiger partial charge in [0.2, 0.25) is 0 Å². The van der Waals surface area contributed by atoms with Crippen LogP contribution in [0.2, 0.25) is 0 Å². The van der Waals surface area contributed by atoms with Crippen LogP contribution in [0.25, 0.3) is 17.4 Å². The van der Waals surface area contributed by atoms with E-state index in [9.17, 15) is 14.4 Å². The Labute approximate surface area is 154 Å². The summed E-state index contributed by atoms with van der Waals surface area (Å²) < 4.78 is 5.71. The Bertz CT molecular complexity index is 949. The number of carbonyl (C=O) groups excluding carboxylic acids is 3. The summed E-state index contributed by atoms with van der Waals surface area (Å²) in [7, 11) is 0. The first kappa shape index (κ1) is 17.5. The van der Waals surface area contributed by atoms with Crippen molar-refractivity contribution in [3.63, 3.8) is 0 Å². The molecule has 1 aromatic carbocycles. The highest BCUT2D eigenvalue weighted by atomic mass is 32.1. The van der Waals surface area contributed by atoms with Crippen LogP contribution in [0.15, 0.2) is 59.0 Å². The first-order valence-corrected chi connectivity index (χ1v) is 8.10. The highest BCUT2D eigenvalue weighted by molar-refractivity contribution is 7.80. The second-order valence-electron chi connectivity index (χ2n) is 5.54. The normalized spacial score (nSPS) is 13.8. The van der Waals surface area contributed by atoms with Gasteiger partial charge in [0.05, 0.1) is 0 Å². The third-order valence-electron chi connectivity index (χ3n) is 3.67. The van der Waals surface area contributed by atoms with Gasteiger partial charge in [0.1, 0.15) is 17.1 Å². The van der Waals surface area contributed by atoms with Gasteiger partial charge in [-0.05, 0) is 48.1 Å². The van der Waals surface area contributed by atoms with Crippen molar-refractivity contribution < 1.29 is 18.8 Å². The van der Waals surface area contributed by atoms with E-state index in [4.69, 9.17) is 16.6 Å². The third kappa shape index (κ3) is 3.84. The van der Waals surface area contributed by atoms with Gasteiger partial charge < -0.3 is 4.42 Å². The lowest BCUT2D eigenvalue weighted by Gasteiger charge is -2.15. The minimum Gasteiger partial charge on any atom is -0.457 e. The summed E-state index contributed by atoms with van der Waals surface area (Å²) in [6.07, 6.45) is 2.89. The molecule has 0 spiro atoms. The molecule has 2 amide bonds. The Morgan fingerprint density at radius 3 is 2.58 bits per heavy atom. The monoisotopic (exact) mass is 366 g/mol. The number of hydrogen-bond acceptors (Lipinski definition) is 5. The molecule has 130 valence electrons. The molecule has 2 N–H and O–H groups in total. The summed E-state index contributed by atoms with van der Waals surface area (Å²) in [6.45, 7) is 3.47. The Morgan fingerprint density at radius 2 is 1.88 bits per heavy atom. The van der Waals surface area contributed by atoms with Crippen LogP contribution in [0.1, 0.15) is 11.3 Å². The van der Waals surface area contributed by atoms with Gasteiger partial charge >= 0.3 is 0 Å². The van der Waals surface area contributed by atoms with E-state index in [2.05, 4.69) is 17.2 Å². The molecule has 1 aliphatic heterocycles. The molecule has 1 aliphatic rings. The molecule has 0 atom stereocenters. The Hall–Kier alpha value is -3.32. The molecule has 3 rings (SSSR count). The first-order chi connectivity index (χ1) is 12.5. The van der Waals surface area contributed by atoms with Crippen LogP contribution >= 0.6 is 12.2 Å². The zero-order valence-corrected chi connectivity index (χ0v) is 14.4. The van der Waals surface area contributed by atoms with Crippen molar-refractivity contribution in [3.8, 4) is 11.3 Å². The molecule has 7 heteroatoms. The summed E-state index contributed by atoms with van der Waals surface area (Å²) in [5.41, 5.74) is 1.52. The molecular weight excluding hydrogens is 352 g/mol. The number of nitrogens with one attached hydrogen (secondary N) is 2. The third-order valence-corrected chi connectivity index (χ3v) is 3.88. The van der Waals surface area contributed by atoms with E-state index in [-0.39, 0.29) is 22.9 Å². The van der Waals surface area contributed by atoms with Crippen molar-refractivity contribution in [1.82, 2.24) is 10.6 Å². The number of allylic oxidation sites excluding steroid dienone is 1. The molecule has 26 heavy (non-hydrogen) atoms. The average molecular weight is 366 g/mol. The number of furan rings is 1. The number of hydrogen-bond donors (Lipinski definition) is 2. The van der Waals surface area contributed by atoms with Crippen LogP contribution in [0.5, 0.6) is 0 Å².